The smallest absolute Gasteiger partial charge is 0.162 e. The summed E-state index contributed by atoms with van der Waals surface area (Å²) in [6.45, 7) is 2.74. The maximum Gasteiger partial charge on any atom is 0.162 e. The predicted molar refractivity (Wildman–Crippen MR) is 80.6 cm³/mol. The minimum Gasteiger partial charge on any atom is -0.310 e. The van der Waals surface area contributed by atoms with Gasteiger partial charge in [-0.1, -0.05) is 53.2 Å². The van der Waals surface area contributed by atoms with Crippen molar-refractivity contribution in [1.29, 1.82) is 0 Å². The summed E-state index contributed by atoms with van der Waals surface area (Å²) in [5, 5.41) is 3.32. The van der Waals surface area contributed by atoms with Crippen molar-refractivity contribution in [3.05, 3.63) is 69.7 Å². The van der Waals surface area contributed by atoms with Gasteiger partial charge in [-0.25, -0.2) is 8.78 Å². The maximum atomic E-state index is 13.8. The molecule has 1 unspecified atom stereocenters. The maximum absolute atomic E-state index is 13.8. The zero-order chi connectivity index (χ0) is 14.5. The quantitative estimate of drug-likeness (QED) is 0.837. The summed E-state index contributed by atoms with van der Waals surface area (Å²) in [5.41, 5.74) is 1.42. The normalized spacial score (nSPS) is 12.4. The fourth-order valence-electron chi connectivity index (χ4n) is 2.22. The van der Waals surface area contributed by atoms with Gasteiger partial charge < -0.3 is 5.32 Å². The second kappa shape index (κ2) is 6.95. The SMILES string of the molecule is CCNC(Cc1cccc(F)c1F)c1ccccc1Br. The number of benzene rings is 2. The first-order valence-electron chi connectivity index (χ1n) is 6.54. The van der Waals surface area contributed by atoms with E-state index >= 15 is 0 Å². The van der Waals surface area contributed by atoms with Crippen LogP contribution in [0, 0.1) is 11.6 Å². The lowest BCUT2D eigenvalue weighted by molar-refractivity contribution is 0.481. The van der Waals surface area contributed by atoms with Crippen LogP contribution in [0.1, 0.15) is 24.1 Å². The number of hydrogen-bond acceptors (Lipinski definition) is 1. The van der Waals surface area contributed by atoms with Crippen molar-refractivity contribution in [3.63, 3.8) is 0 Å². The van der Waals surface area contributed by atoms with Crippen LogP contribution in [0.25, 0.3) is 0 Å². The molecule has 0 saturated carbocycles. The van der Waals surface area contributed by atoms with Gasteiger partial charge in [0.1, 0.15) is 0 Å². The van der Waals surface area contributed by atoms with Crippen molar-refractivity contribution in [3.8, 4) is 0 Å². The number of rotatable bonds is 5. The third-order valence-corrected chi connectivity index (χ3v) is 3.91. The van der Waals surface area contributed by atoms with Gasteiger partial charge in [-0.15, -0.1) is 0 Å². The minimum absolute atomic E-state index is 0.0631. The Morgan fingerprint density at radius 3 is 2.55 bits per heavy atom. The van der Waals surface area contributed by atoms with E-state index in [2.05, 4.69) is 21.2 Å². The predicted octanol–water partition coefficient (Wildman–Crippen LogP) is 4.62. The summed E-state index contributed by atoms with van der Waals surface area (Å²) in [6, 6.07) is 12.0. The van der Waals surface area contributed by atoms with Crippen LogP contribution < -0.4 is 5.32 Å². The molecule has 0 spiro atoms. The van der Waals surface area contributed by atoms with Crippen LogP contribution >= 0.6 is 15.9 Å². The van der Waals surface area contributed by atoms with E-state index in [1.54, 1.807) is 6.07 Å². The van der Waals surface area contributed by atoms with Crippen LogP contribution in [0.15, 0.2) is 46.9 Å². The number of hydrogen-bond donors (Lipinski definition) is 1. The second-order valence-corrected chi connectivity index (χ2v) is 5.40. The van der Waals surface area contributed by atoms with Crippen molar-refractivity contribution in [2.75, 3.05) is 6.54 Å². The Labute approximate surface area is 126 Å². The first-order valence-corrected chi connectivity index (χ1v) is 7.33. The first kappa shape index (κ1) is 15.1. The van der Waals surface area contributed by atoms with Crippen molar-refractivity contribution < 1.29 is 8.78 Å². The topological polar surface area (TPSA) is 12.0 Å². The highest BCUT2D eigenvalue weighted by molar-refractivity contribution is 9.10. The molecule has 2 rings (SSSR count). The Balaban J connectivity index is 2.31. The third-order valence-electron chi connectivity index (χ3n) is 3.19. The molecule has 106 valence electrons. The number of halogens is 3. The highest BCUT2D eigenvalue weighted by atomic mass is 79.9. The van der Waals surface area contributed by atoms with Crippen LogP contribution in [0.2, 0.25) is 0 Å². The fraction of sp³-hybridized carbons (Fsp3) is 0.250. The summed E-state index contributed by atoms with van der Waals surface area (Å²) in [7, 11) is 0. The molecule has 0 heterocycles. The molecule has 4 heteroatoms. The van der Waals surface area contributed by atoms with Gasteiger partial charge in [0.15, 0.2) is 11.6 Å². The molecule has 0 amide bonds. The Morgan fingerprint density at radius 2 is 1.85 bits per heavy atom. The lowest BCUT2D eigenvalue weighted by Gasteiger charge is -2.20. The van der Waals surface area contributed by atoms with Gasteiger partial charge >= 0.3 is 0 Å². The monoisotopic (exact) mass is 339 g/mol. The molecule has 1 N–H and O–H groups in total. The molecular formula is C16H16BrF2N. The van der Waals surface area contributed by atoms with E-state index in [9.17, 15) is 8.78 Å². The molecule has 1 nitrogen and oxygen atoms in total. The summed E-state index contributed by atoms with van der Waals surface area (Å²) in [6.07, 6.45) is 0.403. The van der Waals surface area contributed by atoms with Crippen molar-refractivity contribution >= 4 is 15.9 Å². The molecule has 0 aliphatic carbocycles. The molecular weight excluding hydrogens is 324 g/mol. The molecule has 0 bridgehead atoms. The molecule has 1 atom stereocenters. The van der Waals surface area contributed by atoms with Gasteiger partial charge in [0.2, 0.25) is 0 Å². The lowest BCUT2D eigenvalue weighted by atomic mass is 9.98. The van der Waals surface area contributed by atoms with E-state index < -0.39 is 11.6 Å². The average Bonchev–Trinajstić information content (AvgIpc) is 2.44. The van der Waals surface area contributed by atoms with Crippen LogP contribution in [0.4, 0.5) is 8.78 Å². The van der Waals surface area contributed by atoms with Gasteiger partial charge in [0.05, 0.1) is 0 Å². The number of likely N-dealkylation sites (N-methyl/N-ethyl adjacent to an activating group) is 1. The highest BCUT2D eigenvalue weighted by Crippen LogP contribution is 2.27. The standard InChI is InChI=1S/C16H16BrF2N/c1-2-20-15(12-7-3-4-8-13(12)17)10-11-6-5-9-14(18)16(11)19/h3-9,15,20H,2,10H2,1H3. The Hall–Kier alpha value is -1.26. The summed E-state index contributed by atoms with van der Waals surface area (Å²) < 4.78 is 28.1. The van der Waals surface area contributed by atoms with E-state index in [1.165, 1.54) is 6.07 Å². The Kier molecular flexibility index (Phi) is 5.26. The molecule has 0 aliphatic rings. The largest absolute Gasteiger partial charge is 0.310 e. The van der Waals surface area contributed by atoms with E-state index in [1.807, 2.05) is 31.2 Å². The first-order chi connectivity index (χ1) is 9.63. The highest BCUT2D eigenvalue weighted by Gasteiger charge is 2.17. The average molecular weight is 340 g/mol. The van der Waals surface area contributed by atoms with Crippen LogP contribution in [0.3, 0.4) is 0 Å². The molecule has 0 fully saturated rings. The van der Waals surface area contributed by atoms with Gasteiger partial charge in [0.25, 0.3) is 0 Å². The van der Waals surface area contributed by atoms with Crippen molar-refractivity contribution in [2.45, 2.75) is 19.4 Å². The molecule has 2 aromatic rings. The van der Waals surface area contributed by atoms with Crippen LogP contribution in [0.5, 0.6) is 0 Å². The summed E-state index contributed by atoms with van der Waals surface area (Å²) in [4.78, 5) is 0. The van der Waals surface area contributed by atoms with E-state index in [4.69, 9.17) is 0 Å². The van der Waals surface area contributed by atoms with Crippen LogP contribution in [-0.4, -0.2) is 6.54 Å². The van der Waals surface area contributed by atoms with Crippen molar-refractivity contribution in [1.82, 2.24) is 5.32 Å². The van der Waals surface area contributed by atoms with E-state index in [0.29, 0.717) is 12.0 Å². The molecule has 0 aromatic heterocycles. The molecule has 20 heavy (non-hydrogen) atoms. The molecule has 2 aromatic carbocycles. The van der Waals surface area contributed by atoms with Gasteiger partial charge in [-0.2, -0.15) is 0 Å². The van der Waals surface area contributed by atoms with E-state index in [0.717, 1.165) is 22.6 Å². The van der Waals surface area contributed by atoms with Crippen molar-refractivity contribution in [2.24, 2.45) is 0 Å². The fourth-order valence-corrected chi connectivity index (χ4v) is 2.78. The molecule has 0 radical (unpaired) electrons. The van der Waals surface area contributed by atoms with Gasteiger partial charge in [-0.05, 0) is 36.2 Å². The zero-order valence-electron chi connectivity index (χ0n) is 11.2. The van der Waals surface area contributed by atoms with Gasteiger partial charge in [0, 0.05) is 10.5 Å². The number of nitrogens with one attached hydrogen (secondary N) is 1. The third kappa shape index (κ3) is 3.44. The molecule has 0 aliphatic heterocycles. The zero-order valence-corrected chi connectivity index (χ0v) is 12.8. The van der Waals surface area contributed by atoms with Crippen LogP contribution in [-0.2, 0) is 6.42 Å². The second-order valence-electron chi connectivity index (χ2n) is 4.55. The van der Waals surface area contributed by atoms with Gasteiger partial charge in [-0.3, -0.25) is 0 Å². The lowest BCUT2D eigenvalue weighted by Crippen LogP contribution is -2.23. The molecule has 0 saturated heterocycles. The Morgan fingerprint density at radius 1 is 1.10 bits per heavy atom. The van der Waals surface area contributed by atoms with E-state index in [-0.39, 0.29) is 6.04 Å². The summed E-state index contributed by atoms with van der Waals surface area (Å²) in [5.74, 6) is -1.56. The Bertz CT molecular complexity index is 586. The summed E-state index contributed by atoms with van der Waals surface area (Å²) >= 11 is 3.51. The minimum atomic E-state index is -0.801.